The van der Waals surface area contributed by atoms with Gasteiger partial charge in [0.15, 0.2) is 5.76 Å². The van der Waals surface area contributed by atoms with Gasteiger partial charge in [0.25, 0.3) is 11.8 Å². The third kappa shape index (κ3) is 2.32. The van der Waals surface area contributed by atoms with Crippen molar-refractivity contribution in [1.82, 2.24) is 5.01 Å². The summed E-state index contributed by atoms with van der Waals surface area (Å²) in [4.78, 5) is 36.8. The number of furan rings is 1. The van der Waals surface area contributed by atoms with Crippen LogP contribution in [0.4, 0.5) is 5.88 Å². The third-order valence-corrected chi connectivity index (χ3v) is 6.52. The Bertz CT molecular complexity index is 1190. The summed E-state index contributed by atoms with van der Waals surface area (Å²) < 4.78 is 5.05. The number of amides is 2. The maximum atomic E-state index is 13.3. The zero-order valence-corrected chi connectivity index (χ0v) is 16.0. The van der Waals surface area contributed by atoms with E-state index < -0.39 is 22.6 Å². The van der Waals surface area contributed by atoms with Crippen molar-refractivity contribution in [2.45, 2.75) is 11.8 Å². The molecule has 0 unspecified atom stereocenters. The van der Waals surface area contributed by atoms with Gasteiger partial charge in [-0.3, -0.25) is 19.7 Å². The largest absolute Gasteiger partial charge is 0.433 e. The standard InChI is InChI=1S/C23H15N3O5/c27-22-20-18-13-5-1-2-6-14(13)19(16-8-4-3-7-15(16)18)21(20)23(28)25(22)24-11-12-9-10-17(31-12)26(29)30/h1-11,18-21H/b24-11-/t18?,19?,20-,21-/m0/s1. The van der Waals surface area contributed by atoms with Gasteiger partial charge in [-0.2, -0.15) is 10.1 Å². The van der Waals surface area contributed by atoms with Crippen LogP contribution in [0.2, 0.25) is 0 Å². The second kappa shape index (κ2) is 6.21. The monoisotopic (exact) mass is 413 g/mol. The van der Waals surface area contributed by atoms with Gasteiger partial charge in [0, 0.05) is 11.8 Å². The van der Waals surface area contributed by atoms with Crippen LogP contribution in [-0.4, -0.2) is 28.0 Å². The van der Waals surface area contributed by atoms with E-state index in [2.05, 4.69) is 5.10 Å². The number of imide groups is 1. The van der Waals surface area contributed by atoms with E-state index in [1.165, 1.54) is 18.3 Å². The third-order valence-electron chi connectivity index (χ3n) is 6.52. The fourth-order valence-electron chi connectivity index (χ4n) is 5.40. The summed E-state index contributed by atoms with van der Waals surface area (Å²) in [5.41, 5.74) is 4.34. The normalized spacial score (nSPS) is 25.6. The number of nitrogens with zero attached hydrogens (tertiary/aromatic N) is 3. The molecule has 1 aliphatic heterocycles. The molecule has 7 rings (SSSR count). The number of rotatable bonds is 3. The Kier molecular flexibility index (Phi) is 3.56. The molecule has 1 aromatic heterocycles. The molecule has 2 atom stereocenters. The molecule has 0 N–H and O–H groups in total. The number of benzene rings is 2. The van der Waals surface area contributed by atoms with Crippen molar-refractivity contribution in [2.24, 2.45) is 16.9 Å². The second-order valence-electron chi connectivity index (χ2n) is 7.93. The zero-order chi connectivity index (χ0) is 21.3. The molecule has 2 aromatic carbocycles. The van der Waals surface area contributed by atoms with E-state index in [9.17, 15) is 19.7 Å². The van der Waals surface area contributed by atoms with Crippen molar-refractivity contribution in [3.63, 3.8) is 0 Å². The molecule has 1 fully saturated rings. The van der Waals surface area contributed by atoms with Gasteiger partial charge in [0.05, 0.1) is 24.1 Å². The Morgan fingerprint density at radius 3 is 1.74 bits per heavy atom. The quantitative estimate of drug-likeness (QED) is 0.283. The highest BCUT2D eigenvalue weighted by Crippen LogP contribution is 2.60. The lowest BCUT2D eigenvalue weighted by Gasteiger charge is -2.45. The van der Waals surface area contributed by atoms with Crippen LogP contribution >= 0.6 is 0 Å². The summed E-state index contributed by atoms with van der Waals surface area (Å²) in [6.45, 7) is 0. The molecule has 2 heterocycles. The maximum absolute atomic E-state index is 13.3. The summed E-state index contributed by atoms with van der Waals surface area (Å²) in [7, 11) is 0. The molecule has 1 saturated heterocycles. The van der Waals surface area contributed by atoms with Gasteiger partial charge in [-0.25, -0.2) is 0 Å². The fourth-order valence-corrected chi connectivity index (χ4v) is 5.40. The van der Waals surface area contributed by atoms with Crippen LogP contribution in [0.5, 0.6) is 0 Å². The number of carbonyl (C=O) groups excluding carboxylic acids is 2. The highest BCUT2D eigenvalue weighted by atomic mass is 16.6. The zero-order valence-electron chi connectivity index (χ0n) is 16.0. The molecule has 152 valence electrons. The molecule has 0 spiro atoms. The van der Waals surface area contributed by atoms with Gasteiger partial charge in [0.1, 0.15) is 4.92 Å². The molecule has 2 amide bonds. The molecule has 8 nitrogen and oxygen atoms in total. The second-order valence-corrected chi connectivity index (χ2v) is 7.93. The molecular formula is C23H15N3O5. The van der Waals surface area contributed by atoms with Gasteiger partial charge in [0.2, 0.25) is 0 Å². The van der Waals surface area contributed by atoms with Gasteiger partial charge >= 0.3 is 5.88 Å². The van der Waals surface area contributed by atoms with E-state index in [-0.39, 0.29) is 29.4 Å². The van der Waals surface area contributed by atoms with Crippen molar-refractivity contribution in [3.05, 3.63) is 98.8 Å². The minimum Gasteiger partial charge on any atom is -0.400 e. The van der Waals surface area contributed by atoms with E-state index >= 15 is 0 Å². The van der Waals surface area contributed by atoms with E-state index in [1.807, 2.05) is 48.5 Å². The van der Waals surface area contributed by atoms with E-state index in [4.69, 9.17) is 4.42 Å². The van der Waals surface area contributed by atoms with Crippen LogP contribution in [0.3, 0.4) is 0 Å². The lowest BCUT2D eigenvalue weighted by Crippen LogP contribution is -2.41. The Balaban J connectivity index is 1.42. The predicted molar refractivity (Wildman–Crippen MR) is 108 cm³/mol. The Hall–Kier alpha value is -4.07. The summed E-state index contributed by atoms with van der Waals surface area (Å²) in [5.74, 6) is -2.50. The molecule has 0 saturated carbocycles. The van der Waals surface area contributed by atoms with E-state index in [1.54, 1.807) is 0 Å². The van der Waals surface area contributed by atoms with Crippen molar-refractivity contribution in [3.8, 4) is 0 Å². The Labute approximate surface area is 175 Å². The summed E-state index contributed by atoms with van der Waals surface area (Å²) in [6, 6.07) is 18.5. The van der Waals surface area contributed by atoms with Gasteiger partial charge in [-0.15, -0.1) is 0 Å². The van der Waals surface area contributed by atoms with Crippen molar-refractivity contribution in [1.29, 1.82) is 0 Å². The van der Waals surface area contributed by atoms with Crippen LogP contribution in [0, 0.1) is 22.0 Å². The first-order valence-corrected chi connectivity index (χ1v) is 9.90. The summed E-state index contributed by atoms with van der Waals surface area (Å²) in [5, 5.41) is 15.8. The molecule has 0 radical (unpaired) electrons. The topological polar surface area (TPSA) is 106 Å². The Morgan fingerprint density at radius 2 is 1.32 bits per heavy atom. The first-order chi connectivity index (χ1) is 15.1. The molecule has 8 heteroatoms. The maximum Gasteiger partial charge on any atom is 0.433 e. The lowest BCUT2D eigenvalue weighted by molar-refractivity contribution is -0.402. The summed E-state index contributed by atoms with van der Waals surface area (Å²) in [6.07, 6.45) is 1.17. The first-order valence-electron chi connectivity index (χ1n) is 9.90. The summed E-state index contributed by atoms with van der Waals surface area (Å²) >= 11 is 0. The molecule has 4 aliphatic rings. The number of carbonyl (C=O) groups is 2. The van der Waals surface area contributed by atoms with E-state index in [0.29, 0.717) is 0 Å². The van der Waals surface area contributed by atoms with Crippen molar-refractivity contribution in [2.75, 3.05) is 0 Å². The van der Waals surface area contributed by atoms with Crippen LogP contribution in [0.25, 0.3) is 0 Å². The molecule has 2 bridgehead atoms. The smallest absolute Gasteiger partial charge is 0.400 e. The highest BCUT2D eigenvalue weighted by molar-refractivity contribution is 6.08. The first kappa shape index (κ1) is 17.8. The van der Waals surface area contributed by atoms with Gasteiger partial charge in [-0.05, 0) is 28.3 Å². The molecular weight excluding hydrogens is 398 g/mol. The minimum absolute atomic E-state index is 0.0942. The number of hydrogen-bond donors (Lipinski definition) is 0. The number of hydrazone groups is 1. The molecule has 3 aliphatic carbocycles. The highest BCUT2D eigenvalue weighted by Gasteiger charge is 2.61. The Morgan fingerprint density at radius 1 is 0.839 bits per heavy atom. The number of nitro groups is 1. The van der Waals surface area contributed by atoms with Crippen LogP contribution < -0.4 is 0 Å². The SMILES string of the molecule is O=C1[C@H]2C3c4ccccc4C(c4ccccc43)[C@@H]2C(=O)N1/N=C\c1ccc([N+](=O)[O-])o1. The van der Waals surface area contributed by atoms with Crippen molar-refractivity contribution >= 4 is 23.9 Å². The average molecular weight is 413 g/mol. The number of hydrogen-bond acceptors (Lipinski definition) is 6. The predicted octanol–water partition coefficient (Wildman–Crippen LogP) is 3.41. The van der Waals surface area contributed by atoms with Crippen LogP contribution in [0.1, 0.15) is 39.8 Å². The van der Waals surface area contributed by atoms with Gasteiger partial charge in [-0.1, -0.05) is 48.5 Å². The fraction of sp³-hybridized carbons (Fsp3) is 0.174. The average Bonchev–Trinajstić information content (AvgIpc) is 3.36. The van der Waals surface area contributed by atoms with Crippen LogP contribution in [-0.2, 0) is 9.59 Å². The van der Waals surface area contributed by atoms with Crippen molar-refractivity contribution < 1.29 is 18.9 Å². The van der Waals surface area contributed by atoms with E-state index in [0.717, 1.165) is 27.3 Å². The minimum atomic E-state index is -0.663. The molecule has 3 aromatic rings. The molecule has 31 heavy (non-hydrogen) atoms. The lowest BCUT2D eigenvalue weighted by atomic mass is 9.55. The van der Waals surface area contributed by atoms with Crippen LogP contribution in [0.15, 0.2) is 70.2 Å². The van der Waals surface area contributed by atoms with Gasteiger partial charge < -0.3 is 4.42 Å².